The van der Waals surface area contributed by atoms with Gasteiger partial charge in [0.2, 0.25) is 23.5 Å². The maximum atomic E-state index is 13.8. The second-order valence-corrected chi connectivity index (χ2v) is 13.4. The summed E-state index contributed by atoms with van der Waals surface area (Å²) in [6.07, 6.45) is 3.01. The number of benzene rings is 1. The number of ether oxygens (including phenoxy) is 1. The van der Waals surface area contributed by atoms with Gasteiger partial charge < -0.3 is 19.9 Å². The summed E-state index contributed by atoms with van der Waals surface area (Å²) in [4.78, 5) is 55.8. The van der Waals surface area contributed by atoms with E-state index in [4.69, 9.17) is 14.5 Å². The Kier molecular flexibility index (Phi) is 7.78. The Hall–Kier alpha value is -2.49. The van der Waals surface area contributed by atoms with Gasteiger partial charge in [-0.2, -0.15) is 0 Å². The molecule has 1 aliphatic carbocycles. The van der Waals surface area contributed by atoms with Gasteiger partial charge in [-0.25, -0.2) is 9.78 Å². The van der Waals surface area contributed by atoms with Crippen LogP contribution in [0.1, 0.15) is 79.2 Å². The summed E-state index contributed by atoms with van der Waals surface area (Å²) in [6, 6.07) is 9.67. The minimum atomic E-state index is -0.936. The van der Waals surface area contributed by atoms with Crippen molar-refractivity contribution in [3.63, 3.8) is 0 Å². The first kappa shape index (κ1) is 29.0. The molecule has 1 N–H and O–H groups in total. The lowest BCUT2D eigenvalue weighted by Gasteiger charge is -2.61. The monoisotopic (exact) mass is 555 g/mol. The van der Waals surface area contributed by atoms with Crippen LogP contribution in [0.2, 0.25) is 0 Å². The van der Waals surface area contributed by atoms with E-state index in [1.165, 1.54) is 0 Å². The van der Waals surface area contributed by atoms with Crippen molar-refractivity contribution in [3.05, 3.63) is 35.9 Å². The molecule has 9 heteroatoms. The second kappa shape index (κ2) is 10.7. The molecule has 0 radical (unpaired) electrons. The van der Waals surface area contributed by atoms with Crippen molar-refractivity contribution in [2.75, 3.05) is 13.1 Å². The van der Waals surface area contributed by atoms with Gasteiger partial charge in [0.25, 0.3) is 0 Å². The van der Waals surface area contributed by atoms with Crippen LogP contribution in [-0.4, -0.2) is 63.8 Å². The molecule has 1 aromatic carbocycles. The highest BCUT2D eigenvalue weighted by Gasteiger charge is 2.70. The van der Waals surface area contributed by atoms with Crippen LogP contribution in [0.4, 0.5) is 0 Å². The molecule has 4 aliphatic heterocycles. The molecule has 0 unspecified atom stereocenters. The van der Waals surface area contributed by atoms with E-state index in [0.717, 1.165) is 24.8 Å². The van der Waals surface area contributed by atoms with Crippen molar-refractivity contribution >= 4 is 17.7 Å². The van der Waals surface area contributed by atoms with E-state index >= 15 is 0 Å². The summed E-state index contributed by atoms with van der Waals surface area (Å²) in [5, 5.41) is 2.92. The predicted molar refractivity (Wildman–Crippen MR) is 148 cm³/mol. The summed E-state index contributed by atoms with van der Waals surface area (Å²) in [7, 11) is 0. The van der Waals surface area contributed by atoms with Gasteiger partial charge in [-0.15, -0.1) is 0 Å². The summed E-state index contributed by atoms with van der Waals surface area (Å²) in [5.41, 5.74) is -0.325. The van der Waals surface area contributed by atoms with E-state index in [-0.39, 0.29) is 55.0 Å². The molecular weight excluding hydrogens is 510 g/mol. The van der Waals surface area contributed by atoms with Crippen molar-refractivity contribution in [1.29, 1.82) is 0 Å². The summed E-state index contributed by atoms with van der Waals surface area (Å²) < 4.78 is 6.58. The highest BCUT2D eigenvalue weighted by molar-refractivity contribution is 5.86. The molecule has 5 aliphatic rings. The van der Waals surface area contributed by atoms with Gasteiger partial charge in [0.1, 0.15) is 6.54 Å². The third-order valence-corrected chi connectivity index (χ3v) is 9.67. The molecule has 5 fully saturated rings. The fourth-order valence-corrected chi connectivity index (χ4v) is 7.43. The first-order chi connectivity index (χ1) is 18.9. The molecule has 1 spiro atoms. The fraction of sp³-hybridized carbons (Fsp3) is 0.710. The number of amides is 3. The highest BCUT2D eigenvalue weighted by Crippen LogP contribution is 2.60. The second-order valence-electron chi connectivity index (χ2n) is 13.4. The number of nitrogens with one attached hydrogen (secondary N) is 1. The van der Waals surface area contributed by atoms with Crippen LogP contribution < -0.4 is 5.32 Å². The third kappa shape index (κ3) is 5.16. The Balaban J connectivity index is 1.32. The summed E-state index contributed by atoms with van der Waals surface area (Å²) >= 11 is 0. The van der Waals surface area contributed by atoms with E-state index in [1.807, 2.05) is 65.0 Å². The molecule has 220 valence electrons. The van der Waals surface area contributed by atoms with Crippen molar-refractivity contribution in [1.82, 2.24) is 15.1 Å². The largest absolute Gasteiger partial charge is 0.350 e. The van der Waals surface area contributed by atoms with E-state index in [9.17, 15) is 14.4 Å². The summed E-state index contributed by atoms with van der Waals surface area (Å²) in [5.74, 6) is -0.996. The van der Waals surface area contributed by atoms with Gasteiger partial charge in [0.05, 0.1) is 0 Å². The molecule has 3 amide bonds. The first-order valence-electron chi connectivity index (χ1n) is 14.8. The summed E-state index contributed by atoms with van der Waals surface area (Å²) in [6.45, 7) is 12.4. The van der Waals surface area contributed by atoms with Crippen LogP contribution in [0, 0.1) is 23.7 Å². The molecular formula is C31H45N3O6. The smallest absolute Gasteiger partial charge is 0.239 e. The number of piperidine rings is 1. The van der Waals surface area contributed by atoms with Crippen molar-refractivity contribution in [2.24, 2.45) is 23.7 Å². The molecule has 6 rings (SSSR count). The minimum absolute atomic E-state index is 0.000172. The van der Waals surface area contributed by atoms with Crippen LogP contribution in [0.15, 0.2) is 30.3 Å². The van der Waals surface area contributed by atoms with Crippen LogP contribution >= 0.6 is 0 Å². The zero-order valence-corrected chi connectivity index (χ0v) is 24.8. The molecule has 2 bridgehead atoms. The number of rotatable bonds is 7. The maximum Gasteiger partial charge on any atom is 0.239 e. The average molecular weight is 556 g/mol. The molecule has 9 nitrogen and oxygen atoms in total. The lowest BCUT2D eigenvalue weighted by molar-refractivity contribution is -0.547. The zero-order chi connectivity index (χ0) is 28.9. The van der Waals surface area contributed by atoms with E-state index < -0.39 is 23.2 Å². The van der Waals surface area contributed by atoms with Gasteiger partial charge in [0.15, 0.2) is 11.8 Å². The standard InChI is InChI=1S/C31H45N3O6/c1-20-12-13-24-21(2)27(37)33(28-31(24)23(20)14-16-30(6,38-28)39-40-31)17-15-26(36)34(29(3,4)5)19-25(35)32-18-22-10-8-7-9-11-22/h7-11,20-21,23-24,28H,12-19H2,1-6H3,(H,32,35)/t20-,21-,23+,24+,28-,30-,31-/m1/s1. The van der Waals surface area contributed by atoms with Crippen LogP contribution in [0.5, 0.6) is 0 Å². The zero-order valence-electron chi connectivity index (χ0n) is 24.8. The molecule has 4 heterocycles. The van der Waals surface area contributed by atoms with Gasteiger partial charge in [-0.3, -0.25) is 14.4 Å². The molecule has 0 aromatic heterocycles. The van der Waals surface area contributed by atoms with Crippen molar-refractivity contribution in [3.8, 4) is 0 Å². The fourth-order valence-electron chi connectivity index (χ4n) is 7.43. The average Bonchev–Trinajstić information content (AvgIpc) is 3.15. The Morgan fingerprint density at radius 3 is 2.50 bits per heavy atom. The normalized spacial score (nSPS) is 35.1. The minimum Gasteiger partial charge on any atom is -0.350 e. The molecule has 1 aromatic rings. The SMILES string of the molecule is C[C@@H]1CC[C@H]2[C@@H](C)C(=O)N(CCC(=O)N(CC(=O)NCc3ccccc3)C(C)(C)C)[C@@H]3O[C@@]4(C)CC[C@@H]1[C@@]23OO4. The Labute approximate surface area is 237 Å². The molecule has 7 atom stereocenters. The maximum absolute atomic E-state index is 13.8. The van der Waals surface area contributed by atoms with Crippen molar-refractivity contribution in [2.45, 2.75) is 103 Å². The quantitative estimate of drug-likeness (QED) is 0.511. The topological polar surface area (TPSA) is 97.4 Å². The van der Waals surface area contributed by atoms with E-state index in [2.05, 4.69) is 12.2 Å². The number of fused-ring (bicyclic) bond motifs is 2. The number of hydrogen-bond donors (Lipinski definition) is 1. The van der Waals surface area contributed by atoms with Crippen molar-refractivity contribution < 1.29 is 28.9 Å². The number of likely N-dealkylation sites (tertiary alicyclic amines) is 1. The lowest BCUT2D eigenvalue weighted by atomic mass is 9.57. The van der Waals surface area contributed by atoms with Gasteiger partial charge in [-0.05, 0) is 64.4 Å². The Morgan fingerprint density at radius 1 is 1.07 bits per heavy atom. The third-order valence-electron chi connectivity index (χ3n) is 9.67. The van der Waals surface area contributed by atoms with Gasteiger partial charge in [0, 0.05) is 43.3 Å². The van der Waals surface area contributed by atoms with E-state index in [0.29, 0.717) is 18.9 Å². The lowest BCUT2D eigenvalue weighted by Crippen LogP contribution is -2.75. The molecule has 1 saturated carbocycles. The number of carbonyl (C=O) groups excluding carboxylic acids is 3. The van der Waals surface area contributed by atoms with Crippen LogP contribution in [0.25, 0.3) is 0 Å². The highest BCUT2D eigenvalue weighted by atomic mass is 17.3. The van der Waals surface area contributed by atoms with E-state index in [1.54, 1.807) is 9.80 Å². The number of nitrogens with zero attached hydrogens (tertiary/aromatic N) is 2. The van der Waals surface area contributed by atoms with Crippen LogP contribution in [-0.2, 0) is 35.4 Å². The van der Waals surface area contributed by atoms with Gasteiger partial charge >= 0.3 is 0 Å². The first-order valence-corrected chi connectivity index (χ1v) is 14.8. The van der Waals surface area contributed by atoms with Gasteiger partial charge in [-0.1, -0.05) is 44.2 Å². The number of hydrogen-bond acceptors (Lipinski definition) is 6. The molecule has 4 saturated heterocycles. The Bertz CT molecular complexity index is 1120. The Morgan fingerprint density at radius 2 is 1.80 bits per heavy atom. The predicted octanol–water partition coefficient (Wildman–Crippen LogP) is 4.01. The molecule has 40 heavy (non-hydrogen) atoms. The van der Waals surface area contributed by atoms with Crippen LogP contribution in [0.3, 0.4) is 0 Å². The number of carbonyl (C=O) groups is 3.